The highest BCUT2D eigenvalue weighted by molar-refractivity contribution is 7.10. The molecule has 5 heteroatoms. The maximum Gasteiger partial charge on any atom is 0.317 e. The van der Waals surface area contributed by atoms with E-state index >= 15 is 0 Å². The fraction of sp³-hybridized carbons (Fsp3) is 0.267. The third-order valence-electron chi connectivity index (χ3n) is 2.91. The molecule has 0 bridgehead atoms. The number of nitrogens with zero attached hydrogens (tertiary/aromatic N) is 1. The lowest BCUT2D eigenvalue weighted by atomic mass is 10.2. The van der Waals surface area contributed by atoms with Crippen LogP contribution in [0.2, 0.25) is 0 Å². The molecule has 0 aliphatic carbocycles. The number of carboxylic acids is 1. The standard InChI is InChI=1S/C15H17NO3S/c17-13(14-7-4-8-20-14)10-16(11-15(18)19)9-12-5-2-1-3-6-12/h1-8,13,17H,9-11H2,(H,18,19). The van der Waals surface area contributed by atoms with Gasteiger partial charge >= 0.3 is 5.97 Å². The van der Waals surface area contributed by atoms with Crippen LogP contribution in [0.1, 0.15) is 16.5 Å². The minimum absolute atomic E-state index is 0.0860. The molecule has 0 amide bonds. The minimum atomic E-state index is -0.890. The van der Waals surface area contributed by atoms with Gasteiger partial charge in [-0.3, -0.25) is 9.69 Å². The lowest BCUT2D eigenvalue weighted by Crippen LogP contribution is -2.33. The zero-order valence-corrected chi connectivity index (χ0v) is 11.8. The summed E-state index contributed by atoms with van der Waals surface area (Å²) in [6.07, 6.45) is -0.655. The molecule has 4 nitrogen and oxygen atoms in total. The quantitative estimate of drug-likeness (QED) is 0.822. The maximum atomic E-state index is 10.9. The zero-order chi connectivity index (χ0) is 14.4. The van der Waals surface area contributed by atoms with Crippen LogP contribution in [0.4, 0.5) is 0 Å². The van der Waals surface area contributed by atoms with Gasteiger partial charge in [0, 0.05) is 18.0 Å². The Morgan fingerprint density at radius 3 is 2.55 bits per heavy atom. The first kappa shape index (κ1) is 14.7. The second-order valence-corrected chi connectivity index (χ2v) is 5.56. The van der Waals surface area contributed by atoms with Crippen LogP contribution in [0.3, 0.4) is 0 Å². The molecule has 106 valence electrons. The first-order valence-electron chi connectivity index (χ1n) is 6.34. The van der Waals surface area contributed by atoms with Crippen molar-refractivity contribution in [2.24, 2.45) is 0 Å². The van der Waals surface area contributed by atoms with Crippen LogP contribution >= 0.6 is 11.3 Å². The number of aliphatic hydroxyl groups excluding tert-OH is 1. The first-order chi connectivity index (χ1) is 9.65. The average Bonchev–Trinajstić information content (AvgIpc) is 2.93. The van der Waals surface area contributed by atoms with Crippen molar-refractivity contribution in [1.82, 2.24) is 4.90 Å². The van der Waals surface area contributed by atoms with E-state index in [2.05, 4.69) is 0 Å². The number of carboxylic acid groups (broad SMARTS) is 1. The van der Waals surface area contributed by atoms with Crippen LogP contribution in [0.15, 0.2) is 47.8 Å². The van der Waals surface area contributed by atoms with Gasteiger partial charge in [0.2, 0.25) is 0 Å². The van der Waals surface area contributed by atoms with E-state index < -0.39 is 12.1 Å². The largest absolute Gasteiger partial charge is 0.480 e. The number of aliphatic carboxylic acids is 1. The Bertz CT molecular complexity index is 527. The van der Waals surface area contributed by atoms with Crippen molar-refractivity contribution in [3.8, 4) is 0 Å². The molecular weight excluding hydrogens is 274 g/mol. The monoisotopic (exact) mass is 291 g/mol. The summed E-state index contributed by atoms with van der Waals surface area (Å²) in [7, 11) is 0. The Labute approximate surface area is 121 Å². The number of aliphatic hydroxyl groups is 1. The molecule has 2 aromatic rings. The normalized spacial score (nSPS) is 12.5. The highest BCUT2D eigenvalue weighted by Crippen LogP contribution is 2.20. The smallest absolute Gasteiger partial charge is 0.317 e. The molecule has 2 N–H and O–H groups in total. The van der Waals surface area contributed by atoms with Crippen LogP contribution in [-0.4, -0.2) is 34.2 Å². The van der Waals surface area contributed by atoms with Gasteiger partial charge in [-0.1, -0.05) is 36.4 Å². The Balaban J connectivity index is 2.02. The SMILES string of the molecule is O=C(O)CN(Cc1ccccc1)CC(O)c1cccs1. The van der Waals surface area contributed by atoms with E-state index in [1.165, 1.54) is 11.3 Å². The molecule has 0 spiro atoms. The van der Waals surface area contributed by atoms with Crippen molar-refractivity contribution in [2.45, 2.75) is 12.6 Å². The highest BCUT2D eigenvalue weighted by Gasteiger charge is 2.17. The number of benzene rings is 1. The molecule has 1 unspecified atom stereocenters. The van der Waals surface area contributed by atoms with E-state index in [-0.39, 0.29) is 6.54 Å². The van der Waals surface area contributed by atoms with E-state index in [0.717, 1.165) is 10.4 Å². The second-order valence-electron chi connectivity index (χ2n) is 4.58. The van der Waals surface area contributed by atoms with E-state index in [1.54, 1.807) is 4.90 Å². The molecule has 0 saturated heterocycles. The van der Waals surface area contributed by atoms with Gasteiger partial charge in [-0.2, -0.15) is 0 Å². The third kappa shape index (κ3) is 4.45. The minimum Gasteiger partial charge on any atom is -0.480 e. The van der Waals surface area contributed by atoms with Crippen LogP contribution in [0.25, 0.3) is 0 Å². The Morgan fingerprint density at radius 1 is 1.20 bits per heavy atom. The fourth-order valence-electron chi connectivity index (χ4n) is 2.03. The molecule has 0 saturated carbocycles. The molecule has 1 atom stereocenters. The number of thiophene rings is 1. The predicted molar refractivity (Wildman–Crippen MR) is 78.6 cm³/mol. The van der Waals surface area contributed by atoms with Gasteiger partial charge in [-0.25, -0.2) is 0 Å². The number of hydrogen-bond acceptors (Lipinski definition) is 4. The lowest BCUT2D eigenvalue weighted by molar-refractivity contribution is -0.138. The molecule has 1 aromatic heterocycles. The third-order valence-corrected chi connectivity index (χ3v) is 3.88. The highest BCUT2D eigenvalue weighted by atomic mass is 32.1. The van der Waals surface area contributed by atoms with Crippen molar-refractivity contribution < 1.29 is 15.0 Å². The molecular formula is C15H17NO3S. The maximum absolute atomic E-state index is 10.9. The summed E-state index contributed by atoms with van der Waals surface area (Å²) in [4.78, 5) is 13.5. The van der Waals surface area contributed by atoms with Gasteiger partial charge in [0.15, 0.2) is 0 Å². The van der Waals surface area contributed by atoms with Crippen LogP contribution in [0.5, 0.6) is 0 Å². The average molecular weight is 291 g/mol. The summed E-state index contributed by atoms with van der Waals surface area (Å²) in [5, 5.41) is 21.0. The molecule has 1 heterocycles. The number of rotatable bonds is 7. The van der Waals surface area contributed by atoms with E-state index in [4.69, 9.17) is 5.11 Å². The lowest BCUT2D eigenvalue weighted by Gasteiger charge is -2.23. The fourth-order valence-corrected chi connectivity index (χ4v) is 2.74. The van der Waals surface area contributed by atoms with E-state index in [9.17, 15) is 9.90 Å². The van der Waals surface area contributed by atoms with Crippen molar-refractivity contribution in [3.63, 3.8) is 0 Å². The molecule has 0 aliphatic heterocycles. The van der Waals surface area contributed by atoms with Gasteiger partial charge in [-0.05, 0) is 17.0 Å². The van der Waals surface area contributed by atoms with Gasteiger partial charge < -0.3 is 10.2 Å². The summed E-state index contributed by atoms with van der Waals surface area (Å²) in [6.45, 7) is 0.731. The Morgan fingerprint density at radius 2 is 1.95 bits per heavy atom. The van der Waals surface area contributed by atoms with Gasteiger partial charge in [0.25, 0.3) is 0 Å². The first-order valence-corrected chi connectivity index (χ1v) is 7.22. The van der Waals surface area contributed by atoms with Crippen molar-refractivity contribution in [2.75, 3.05) is 13.1 Å². The van der Waals surface area contributed by atoms with E-state index in [1.807, 2.05) is 47.8 Å². The summed E-state index contributed by atoms with van der Waals surface area (Å²) in [5.74, 6) is -0.890. The predicted octanol–water partition coefficient (Wildman–Crippen LogP) is 2.37. The van der Waals surface area contributed by atoms with Gasteiger partial charge in [0.05, 0.1) is 6.54 Å². The topological polar surface area (TPSA) is 60.8 Å². The molecule has 20 heavy (non-hydrogen) atoms. The van der Waals surface area contributed by atoms with Crippen LogP contribution in [0, 0.1) is 0 Å². The van der Waals surface area contributed by atoms with Crippen molar-refractivity contribution in [1.29, 1.82) is 0 Å². The van der Waals surface area contributed by atoms with E-state index in [0.29, 0.717) is 13.1 Å². The van der Waals surface area contributed by atoms with Crippen molar-refractivity contribution in [3.05, 3.63) is 58.3 Å². The summed E-state index contributed by atoms with van der Waals surface area (Å²) in [5.41, 5.74) is 1.03. The van der Waals surface area contributed by atoms with Gasteiger partial charge in [-0.15, -0.1) is 11.3 Å². The van der Waals surface area contributed by atoms with Crippen LogP contribution < -0.4 is 0 Å². The molecule has 0 aliphatic rings. The number of carbonyl (C=O) groups is 1. The van der Waals surface area contributed by atoms with Gasteiger partial charge in [0.1, 0.15) is 6.10 Å². The molecule has 1 aromatic carbocycles. The summed E-state index contributed by atoms with van der Waals surface area (Å²) < 4.78 is 0. The molecule has 2 rings (SSSR count). The second kappa shape index (κ2) is 7.19. The Kier molecular flexibility index (Phi) is 5.29. The summed E-state index contributed by atoms with van der Waals surface area (Å²) >= 11 is 1.47. The summed E-state index contributed by atoms with van der Waals surface area (Å²) in [6, 6.07) is 13.4. The zero-order valence-electron chi connectivity index (χ0n) is 11.0. The Hall–Kier alpha value is -1.69. The molecule has 0 fully saturated rings. The van der Waals surface area contributed by atoms with Crippen LogP contribution in [-0.2, 0) is 11.3 Å². The molecule has 0 radical (unpaired) electrons. The number of hydrogen-bond donors (Lipinski definition) is 2. The van der Waals surface area contributed by atoms with Crippen molar-refractivity contribution >= 4 is 17.3 Å².